The molecule has 1 aromatic heterocycles. The van der Waals surface area contributed by atoms with E-state index in [0.29, 0.717) is 0 Å². The quantitative estimate of drug-likeness (QED) is 0.907. The summed E-state index contributed by atoms with van der Waals surface area (Å²) >= 11 is 0. The van der Waals surface area contributed by atoms with Crippen molar-refractivity contribution in [3.05, 3.63) is 53.3 Å². The predicted octanol–water partition coefficient (Wildman–Crippen LogP) is 2.46. The highest BCUT2D eigenvalue weighted by Crippen LogP contribution is 2.28. The van der Waals surface area contributed by atoms with Crippen molar-refractivity contribution in [2.45, 2.75) is 45.2 Å². The van der Waals surface area contributed by atoms with E-state index in [1.54, 1.807) is 6.20 Å². The molecule has 1 aromatic carbocycles. The fourth-order valence-corrected chi connectivity index (χ4v) is 3.60. The normalized spacial score (nSPS) is 18.1. The van der Waals surface area contributed by atoms with Crippen LogP contribution in [0, 0.1) is 13.8 Å². The topological polar surface area (TPSA) is 59.0 Å². The molecule has 0 radical (unpaired) electrons. The van der Waals surface area contributed by atoms with Crippen LogP contribution in [-0.4, -0.2) is 28.8 Å². The summed E-state index contributed by atoms with van der Waals surface area (Å²) in [5, 5.41) is 10.9. The minimum Gasteiger partial charge on any atom is -0.347 e. The van der Waals surface area contributed by atoms with Gasteiger partial charge in [-0.2, -0.15) is 5.10 Å². The summed E-state index contributed by atoms with van der Waals surface area (Å²) < 4.78 is 1.83. The van der Waals surface area contributed by atoms with Crippen LogP contribution in [0.1, 0.15) is 42.5 Å². The summed E-state index contributed by atoms with van der Waals surface area (Å²) in [6, 6.07) is 8.28. The number of aromatic nitrogens is 2. The second-order valence-electron chi connectivity index (χ2n) is 6.85. The fraction of sp³-hybridized carbons (Fsp3) is 0.474. The number of carbonyl (C=O) groups is 1. The van der Waals surface area contributed by atoms with Crippen molar-refractivity contribution in [1.82, 2.24) is 20.4 Å². The van der Waals surface area contributed by atoms with Crippen LogP contribution in [-0.2, 0) is 10.3 Å². The standard InChI is InChI=1S/C19H26N4O/c1-14-11-15(2)13-17(12-14)16(3)22-18(24)19(5-8-20-9-6-19)23-10-4-7-21-23/h4,7,10-13,16,20H,5-6,8-9H2,1-3H3,(H,22,24). The number of hydrogen-bond acceptors (Lipinski definition) is 3. The van der Waals surface area contributed by atoms with Crippen LogP contribution >= 0.6 is 0 Å². The molecule has 3 rings (SSSR count). The third-order valence-corrected chi connectivity index (χ3v) is 4.89. The zero-order valence-electron chi connectivity index (χ0n) is 14.7. The van der Waals surface area contributed by atoms with Crippen molar-refractivity contribution in [3.8, 4) is 0 Å². The highest BCUT2D eigenvalue weighted by atomic mass is 16.2. The van der Waals surface area contributed by atoms with Crippen molar-refractivity contribution >= 4 is 5.91 Å². The van der Waals surface area contributed by atoms with E-state index < -0.39 is 5.54 Å². The van der Waals surface area contributed by atoms with Crippen LogP contribution in [0.4, 0.5) is 0 Å². The van der Waals surface area contributed by atoms with Gasteiger partial charge < -0.3 is 10.6 Å². The number of rotatable bonds is 4. The molecule has 2 aromatic rings. The third kappa shape index (κ3) is 3.22. The lowest BCUT2D eigenvalue weighted by molar-refractivity contribution is -0.132. The van der Waals surface area contributed by atoms with Gasteiger partial charge in [0.1, 0.15) is 5.54 Å². The summed E-state index contributed by atoms with van der Waals surface area (Å²) in [6.45, 7) is 7.87. The molecule has 2 N–H and O–H groups in total. The third-order valence-electron chi connectivity index (χ3n) is 4.89. The minimum absolute atomic E-state index is 0.0292. The van der Waals surface area contributed by atoms with Gasteiger partial charge in [-0.15, -0.1) is 0 Å². The highest BCUT2D eigenvalue weighted by molar-refractivity contribution is 5.85. The van der Waals surface area contributed by atoms with Gasteiger partial charge in [0.15, 0.2) is 0 Å². The van der Waals surface area contributed by atoms with E-state index in [-0.39, 0.29) is 11.9 Å². The number of aryl methyl sites for hydroxylation is 2. The molecule has 1 amide bonds. The van der Waals surface area contributed by atoms with Gasteiger partial charge in [-0.05, 0) is 58.3 Å². The molecule has 1 unspecified atom stereocenters. The van der Waals surface area contributed by atoms with Crippen molar-refractivity contribution in [3.63, 3.8) is 0 Å². The molecule has 1 aliphatic rings. The number of nitrogens with zero attached hydrogens (tertiary/aromatic N) is 2. The van der Waals surface area contributed by atoms with E-state index in [1.165, 1.54) is 11.1 Å². The van der Waals surface area contributed by atoms with Crippen LogP contribution in [0.2, 0.25) is 0 Å². The lowest BCUT2D eigenvalue weighted by Crippen LogP contribution is -2.55. The Morgan fingerprint density at radius 1 is 1.25 bits per heavy atom. The van der Waals surface area contributed by atoms with E-state index in [9.17, 15) is 4.79 Å². The summed E-state index contributed by atoms with van der Waals surface area (Å²) in [4.78, 5) is 13.2. The summed E-state index contributed by atoms with van der Waals surface area (Å²) in [7, 11) is 0. The maximum absolute atomic E-state index is 13.2. The monoisotopic (exact) mass is 326 g/mol. The van der Waals surface area contributed by atoms with Crippen LogP contribution < -0.4 is 10.6 Å². The zero-order chi connectivity index (χ0) is 17.2. The lowest BCUT2D eigenvalue weighted by atomic mass is 9.87. The molecule has 1 saturated heterocycles. The number of piperidine rings is 1. The zero-order valence-corrected chi connectivity index (χ0v) is 14.7. The Hall–Kier alpha value is -2.14. The molecular weight excluding hydrogens is 300 g/mol. The Morgan fingerprint density at radius 3 is 2.50 bits per heavy atom. The predicted molar refractivity (Wildman–Crippen MR) is 94.8 cm³/mol. The molecule has 1 atom stereocenters. The molecule has 24 heavy (non-hydrogen) atoms. The van der Waals surface area contributed by atoms with Gasteiger partial charge in [-0.3, -0.25) is 9.48 Å². The van der Waals surface area contributed by atoms with Crippen LogP contribution in [0.5, 0.6) is 0 Å². The highest BCUT2D eigenvalue weighted by Gasteiger charge is 2.42. The minimum atomic E-state index is -0.595. The second kappa shape index (κ2) is 6.77. The average Bonchev–Trinajstić information content (AvgIpc) is 3.09. The Morgan fingerprint density at radius 2 is 1.92 bits per heavy atom. The maximum Gasteiger partial charge on any atom is 0.248 e. The Bertz CT molecular complexity index is 682. The van der Waals surface area contributed by atoms with Crippen molar-refractivity contribution in [2.75, 3.05) is 13.1 Å². The fourth-order valence-electron chi connectivity index (χ4n) is 3.60. The molecule has 1 fully saturated rings. The number of carbonyl (C=O) groups excluding carboxylic acids is 1. The number of nitrogens with one attached hydrogen (secondary N) is 2. The van der Waals surface area contributed by atoms with Gasteiger partial charge in [0.2, 0.25) is 5.91 Å². The molecule has 1 aliphatic heterocycles. The summed E-state index contributed by atoms with van der Waals surface area (Å²) in [5.41, 5.74) is 2.98. The maximum atomic E-state index is 13.2. The van der Waals surface area contributed by atoms with Gasteiger partial charge in [-0.25, -0.2) is 0 Å². The van der Waals surface area contributed by atoms with Crippen LogP contribution in [0.25, 0.3) is 0 Å². The first kappa shape index (κ1) is 16.7. The van der Waals surface area contributed by atoms with Crippen LogP contribution in [0.15, 0.2) is 36.7 Å². The number of hydrogen-bond donors (Lipinski definition) is 2. The van der Waals surface area contributed by atoms with E-state index in [1.807, 2.05) is 23.9 Å². The van der Waals surface area contributed by atoms with E-state index in [0.717, 1.165) is 31.5 Å². The SMILES string of the molecule is Cc1cc(C)cc(C(C)NC(=O)C2(n3cccn3)CCNCC2)c1. The average molecular weight is 326 g/mol. The molecule has 0 bridgehead atoms. The van der Waals surface area contributed by atoms with Gasteiger partial charge in [-0.1, -0.05) is 29.3 Å². The van der Waals surface area contributed by atoms with Crippen molar-refractivity contribution in [2.24, 2.45) is 0 Å². The summed E-state index contributed by atoms with van der Waals surface area (Å²) in [6.07, 6.45) is 5.14. The van der Waals surface area contributed by atoms with Gasteiger partial charge >= 0.3 is 0 Å². The molecule has 128 valence electrons. The Labute approximate surface area is 143 Å². The Kier molecular flexibility index (Phi) is 4.71. The first-order chi connectivity index (χ1) is 11.5. The molecule has 5 heteroatoms. The van der Waals surface area contributed by atoms with E-state index in [2.05, 4.69) is 47.8 Å². The first-order valence-electron chi connectivity index (χ1n) is 8.61. The van der Waals surface area contributed by atoms with Gasteiger partial charge in [0.05, 0.1) is 6.04 Å². The molecule has 0 aliphatic carbocycles. The lowest BCUT2D eigenvalue weighted by Gasteiger charge is -2.37. The first-order valence-corrected chi connectivity index (χ1v) is 8.61. The number of amides is 1. The van der Waals surface area contributed by atoms with Gasteiger partial charge in [0.25, 0.3) is 0 Å². The van der Waals surface area contributed by atoms with Crippen LogP contribution in [0.3, 0.4) is 0 Å². The van der Waals surface area contributed by atoms with E-state index in [4.69, 9.17) is 0 Å². The summed E-state index contributed by atoms with van der Waals surface area (Å²) in [5.74, 6) is 0.0550. The molecular formula is C19H26N4O. The molecule has 2 heterocycles. The van der Waals surface area contributed by atoms with Crippen molar-refractivity contribution in [1.29, 1.82) is 0 Å². The number of benzene rings is 1. The second-order valence-corrected chi connectivity index (χ2v) is 6.85. The smallest absolute Gasteiger partial charge is 0.248 e. The molecule has 0 saturated carbocycles. The Balaban J connectivity index is 1.83. The van der Waals surface area contributed by atoms with E-state index >= 15 is 0 Å². The molecule has 0 spiro atoms. The molecule has 5 nitrogen and oxygen atoms in total. The largest absolute Gasteiger partial charge is 0.347 e. The van der Waals surface area contributed by atoms with Gasteiger partial charge in [0, 0.05) is 12.4 Å². The van der Waals surface area contributed by atoms with Crippen molar-refractivity contribution < 1.29 is 4.79 Å².